The van der Waals surface area contributed by atoms with Gasteiger partial charge in [-0.3, -0.25) is 9.78 Å². The largest absolute Gasteiger partial charge is 0.382 e. The van der Waals surface area contributed by atoms with Crippen molar-refractivity contribution in [2.75, 3.05) is 44.9 Å². The van der Waals surface area contributed by atoms with Crippen LogP contribution in [0.4, 0.5) is 14.6 Å². The molecule has 1 N–H and O–H groups in total. The van der Waals surface area contributed by atoms with E-state index in [0.29, 0.717) is 61.2 Å². The van der Waals surface area contributed by atoms with Gasteiger partial charge in [-0.15, -0.1) is 0 Å². The van der Waals surface area contributed by atoms with Crippen molar-refractivity contribution in [1.29, 1.82) is 0 Å². The summed E-state index contributed by atoms with van der Waals surface area (Å²) in [7, 11) is 1.57. The second-order valence-corrected chi connectivity index (χ2v) is 8.69. The molecular weight excluding hydrogens is 492 g/mol. The molecule has 0 atom stereocenters. The number of nitrogens with zero attached hydrogens (tertiary/aromatic N) is 4. The zero-order valence-corrected chi connectivity index (χ0v) is 20.5. The topological polar surface area (TPSA) is 89.5 Å². The first-order valence-corrected chi connectivity index (χ1v) is 11.9. The van der Waals surface area contributed by atoms with Gasteiger partial charge in [0, 0.05) is 55.8 Å². The number of halogens is 3. The highest BCUT2D eigenvalue weighted by molar-refractivity contribution is 6.33. The Kier molecular flexibility index (Phi) is 8.74. The molecule has 0 spiro atoms. The number of amides is 1. The first-order valence-electron chi connectivity index (χ1n) is 11.5. The third-order valence-corrected chi connectivity index (χ3v) is 6.12. The van der Waals surface area contributed by atoms with Crippen molar-refractivity contribution >= 4 is 23.3 Å². The molecule has 1 amide bonds. The van der Waals surface area contributed by atoms with Gasteiger partial charge in [-0.2, -0.15) is 0 Å². The van der Waals surface area contributed by atoms with E-state index in [0.717, 1.165) is 6.07 Å². The molecule has 3 heterocycles. The predicted molar refractivity (Wildman–Crippen MR) is 132 cm³/mol. The van der Waals surface area contributed by atoms with Crippen molar-refractivity contribution in [3.05, 3.63) is 59.5 Å². The van der Waals surface area contributed by atoms with Crippen molar-refractivity contribution in [2.24, 2.45) is 0 Å². The lowest BCUT2D eigenvalue weighted by Gasteiger charge is -2.33. The van der Waals surface area contributed by atoms with Gasteiger partial charge in [0.05, 0.1) is 30.1 Å². The number of hydrogen-bond donors (Lipinski definition) is 1. The molecule has 4 rings (SSSR count). The summed E-state index contributed by atoms with van der Waals surface area (Å²) >= 11 is 6.39. The van der Waals surface area contributed by atoms with Crippen LogP contribution in [0.5, 0.6) is 0 Å². The fourth-order valence-electron chi connectivity index (χ4n) is 4.00. The minimum Gasteiger partial charge on any atom is -0.382 e. The van der Waals surface area contributed by atoms with Crippen LogP contribution in [-0.4, -0.2) is 66.9 Å². The van der Waals surface area contributed by atoms with Crippen molar-refractivity contribution in [1.82, 2.24) is 20.3 Å². The van der Waals surface area contributed by atoms with Gasteiger partial charge in [0.15, 0.2) is 0 Å². The second-order valence-electron chi connectivity index (χ2n) is 8.28. The van der Waals surface area contributed by atoms with E-state index in [1.165, 1.54) is 18.3 Å². The van der Waals surface area contributed by atoms with Crippen LogP contribution in [-0.2, 0) is 14.3 Å². The van der Waals surface area contributed by atoms with E-state index >= 15 is 0 Å². The number of methoxy groups -OCH3 is 1. The molecule has 0 unspecified atom stereocenters. The quantitative estimate of drug-likeness (QED) is 0.431. The summed E-state index contributed by atoms with van der Waals surface area (Å²) in [6.07, 6.45) is 6.03. The van der Waals surface area contributed by atoms with Crippen molar-refractivity contribution in [3.63, 3.8) is 0 Å². The molecule has 1 fully saturated rings. The Labute approximate surface area is 212 Å². The summed E-state index contributed by atoms with van der Waals surface area (Å²) in [6, 6.07) is 5.02. The van der Waals surface area contributed by atoms with Crippen LogP contribution in [0.15, 0.2) is 42.9 Å². The number of anilines is 1. The van der Waals surface area contributed by atoms with Crippen LogP contribution in [0.1, 0.15) is 12.8 Å². The van der Waals surface area contributed by atoms with E-state index in [1.54, 1.807) is 25.6 Å². The molecule has 0 radical (unpaired) electrons. The zero-order valence-electron chi connectivity index (χ0n) is 19.7. The Balaban J connectivity index is 1.51. The van der Waals surface area contributed by atoms with Crippen molar-refractivity contribution in [3.8, 4) is 22.5 Å². The van der Waals surface area contributed by atoms with E-state index < -0.39 is 11.6 Å². The van der Waals surface area contributed by atoms with Gasteiger partial charge in [0.2, 0.25) is 5.91 Å². The first kappa shape index (κ1) is 25.9. The normalized spacial score (nSPS) is 14.2. The van der Waals surface area contributed by atoms with Gasteiger partial charge in [0.1, 0.15) is 29.8 Å². The van der Waals surface area contributed by atoms with Gasteiger partial charge in [-0.1, -0.05) is 11.6 Å². The van der Waals surface area contributed by atoms with Gasteiger partial charge < -0.3 is 19.7 Å². The smallest absolute Gasteiger partial charge is 0.246 e. The minimum absolute atomic E-state index is 0.00743. The Morgan fingerprint density at radius 2 is 1.94 bits per heavy atom. The summed E-state index contributed by atoms with van der Waals surface area (Å²) in [5.41, 5.74) is 1.27. The Bertz CT molecular complexity index is 1210. The van der Waals surface area contributed by atoms with E-state index in [1.807, 2.05) is 4.90 Å². The molecule has 2 aromatic heterocycles. The molecule has 11 heteroatoms. The second kappa shape index (κ2) is 12.2. The van der Waals surface area contributed by atoms with Crippen LogP contribution in [0.3, 0.4) is 0 Å². The van der Waals surface area contributed by atoms with Crippen LogP contribution in [0.25, 0.3) is 22.5 Å². The number of rotatable bonds is 9. The number of carbonyl (C=O) groups is 1. The molecular formula is C25H26ClF2N5O3. The molecule has 36 heavy (non-hydrogen) atoms. The summed E-state index contributed by atoms with van der Waals surface area (Å²) in [5.74, 6) is -0.992. The fourth-order valence-corrected chi connectivity index (χ4v) is 4.20. The summed E-state index contributed by atoms with van der Waals surface area (Å²) in [4.78, 5) is 27.4. The number of carbonyl (C=O) groups excluding carboxylic acids is 1. The molecule has 0 bridgehead atoms. The number of piperidine rings is 1. The molecule has 3 aromatic rings. The predicted octanol–water partition coefficient (Wildman–Crippen LogP) is 3.89. The van der Waals surface area contributed by atoms with Gasteiger partial charge in [-0.25, -0.2) is 18.7 Å². The zero-order chi connectivity index (χ0) is 25.5. The van der Waals surface area contributed by atoms with Crippen LogP contribution >= 0.6 is 11.6 Å². The number of pyridine rings is 1. The maximum absolute atomic E-state index is 14.6. The maximum atomic E-state index is 14.6. The average Bonchev–Trinajstić information content (AvgIpc) is 2.87. The molecule has 0 saturated carbocycles. The Morgan fingerprint density at radius 3 is 2.67 bits per heavy atom. The SMILES string of the molecule is COCCOCC(=O)NC1CCN(c2cnc(-c3ccc(F)cc3F)c(-c3ccncc3Cl)n2)CC1. The number of aromatic nitrogens is 3. The van der Waals surface area contributed by atoms with Gasteiger partial charge in [-0.05, 0) is 31.0 Å². The summed E-state index contributed by atoms with van der Waals surface area (Å²) in [6.45, 7) is 2.07. The maximum Gasteiger partial charge on any atom is 0.246 e. The Morgan fingerprint density at radius 1 is 1.14 bits per heavy atom. The highest BCUT2D eigenvalue weighted by Crippen LogP contribution is 2.35. The van der Waals surface area contributed by atoms with E-state index in [2.05, 4.69) is 15.3 Å². The number of hydrogen-bond acceptors (Lipinski definition) is 7. The van der Waals surface area contributed by atoms with Crippen molar-refractivity contribution < 1.29 is 23.0 Å². The summed E-state index contributed by atoms with van der Waals surface area (Å²) < 4.78 is 38.3. The minimum atomic E-state index is -0.744. The molecule has 1 aromatic carbocycles. The highest BCUT2D eigenvalue weighted by Gasteiger charge is 2.24. The van der Waals surface area contributed by atoms with Crippen LogP contribution in [0.2, 0.25) is 5.02 Å². The molecule has 1 aliphatic rings. The molecule has 8 nitrogen and oxygen atoms in total. The third-order valence-electron chi connectivity index (χ3n) is 5.82. The highest BCUT2D eigenvalue weighted by atomic mass is 35.5. The monoisotopic (exact) mass is 517 g/mol. The fraction of sp³-hybridized carbons (Fsp3) is 0.360. The molecule has 1 aliphatic heterocycles. The molecule has 1 saturated heterocycles. The van der Waals surface area contributed by atoms with E-state index in [4.69, 9.17) is 26.1 Å². The van der Waals surface area contributed by atoms with E-state index in [-0.39, 0.29) is 29.8 Å². The lowest BCUT2D eigenvalue weighted by atomic mass is 10.0. The van der Waals surface area contributed by atoms with E-state index in [9.17, 15) is 13.6 Å². The van der Waals surface area contributed by atoms with Gasteiger partial charge >= 0.3 is 0 Å². The van der Waals surface area contributed by atoms with Crippen LogP contribution in [0, 0.1) is 11.6 Å². The third kappa shape index (κ3) is 6.31. The molecule has 0 aliphatic carbocycles. The van der Waals surface area contributed by atoms with Crippen LogP contribution < -0.4 is 10.2 Å². The first-order chi connectivity index (χ1) is 17.5. The van der Waals surface area contributed by atoms with Crippen molar-refractivity contribution in [2.45, 2.75) is 18.9 Å². The average molecular weight is 518 g/mol. The summed E-state index contributed by atoms with van der Waals surface area (Å²) in [5, 5.41) is 3.32. The van der Waals surface area contributed by atoms with Gasteiger partial charge in [0.25, 0.3) is 0 Å². The lowest BCUT2D eigenvalue weighted by Crippen LogP contribution is -2.46. The molecule has 190 valence electrons. The Hall–Kier alpha value is -3.21. The number of ether oxygens (including phenoxy) is 2. The standard InChI is InChI=1S/C25H26ClF2N5O3/c1-35-10-11-36-15-23(34)31-17-5-8-33(9-6-17)22-14-30-24(19-3-2-16(27)12-21(19)28)25(32-22)18-4-7-29-13-20(18)26/h2-4,7,12-14,17H,5-6,8-11,15H2,1H3,(H,31,34). The lowest BCUT2D eigenvalue weighted by molar-refractivity contribution is -0.127. The number of benzene rings is 1. The number of nitrogens with one attached hydrogen (secondary N) is 1.